The average molecular weight is 322 g/mol. The van der Waals surface area contributed by atoms with Crippen molar-refractivity contribution < 1.29 is 9.90 Å². The number of nitrogens with zero attached hydrogens (tertiary/aromatic N) is 2. The molecule has 0 radical (unpaired) electrons. The summed E-state index contributed by atoms with van der Waals surface area (Å²) in [7, 11) is 0. The average Bonchev–Trinajstić information content (AvgIpc) is 3.39. The van der Waals surface area contributed by atoms with Crippen LogP contribution < -0.4 is 11.1 Å². The van der Waals surface area contributed by atoms with Crippen molar-refractivity contribution in [3.8, 4) is 29.4 Å². The summed E-state index contributed by atoms with van der Waals surface area (Å²) in [6.45, 7) is 1.60. The van der Waals surface area contributed by atoms with Crippen LogP contribution in [0, 0.1) is 12.3 Å². The third kappa shape index (κ3) is 3.21. The monoisotopic (exact) mass is 322 g/mol. The predicted molar refractivity (Wildman–Crippen MR) is 91.3 cm³/mol. The highest BCUT2D eigenvalue weighted by Gasteiger charge is 2.29. The molecule has 1 aromatic carbocycles. The van der Waals surface area contributed by atoms with Crippen molar-refractivity contribution in [1.29, 1.82) is 0 Å². The number of phenolic OH excluding ortho intramolecular Hbond substituents is 1. The molecule has 0 unspecified atom stereocenters. The summed E-state index contributed by atoms with van der Waals surface area (Å²) in [4.78, 5) is 11.7. The van der Waals surface area contributed by atoms with Crippen LogP contribution in [0.5, 0.6) is 5.75 Å². The first-order valence-corrected chi connectivity index (χ1v) is 7.73. The Morgan fingerprint density at radius 3 is 2.75 bits per heavy atom. The van der Waals surface area contributed by atoms with Gasteiger partial charge in [0.05, 0.1) is 6.04 Å². The number of hydrogen-bond donors (Lipinski definition) is 3. The number of phenols is 1. The summed E-state index contributed by atoms with van der Waals surface area (Å²) in [5.74, 6) is 2.94. The predicted octanol–water partition coefficient (Wildman–Crippen LogP) is 1.99. The van der Waals surface area contributed by atoms with Crippen molar-refractivity contribution in [2.24, 2.45) is 5.73 Å². The van der Waals surface area contributed by atoms with Crippen molar-refractivity contribution in [3.05, 3.63) is 35.4 Å². The van der Waals surface area contributed by atoms with Gasteiger partial charge in [0.2, 0.25) is 5.91 Å². The summed E-state index contributed by atoms with van der Waals surface area (Å²) in [6, 6.07) is 6.19. The number of aromatic nitrogens is 2. The number of carbonyl (C=O) groups is 1. The fourth-order valence-electron chi connectivity index (χ4n) is 2.44. The van der Waals surface area contributed by atoms with E-state index in [1.54, 1.807) is 25.1 Å². The van der Waals surface area contributed by atoms with Gasteiger partial charge in [-0.2, -0.15) is 0 Å². The first-order chi connectivity index (χ1) is 11.5. The number of rotatable bonds is 4. The molecule has 122 valence electrons. The molecule has 1 aromatic heterocycles. The third-order valence-electron chi connectivity index (χ3n) is 3.92. The van der Waals surface area contributed by atoms with Crippen LogP contribution in [0.25, 0.3) is 11.3 Å². The Kier molecular flexibility index (Phi) is 4.19. The fraction of sp³-hybridized carbons (Fsp3) is 0.278. The summed E-state index contributed by atoms with van der Waals surface area (Å²) in [6.07, 6.45) is 7.44. The molecule has 1 saturated carbocycles. The minimum Gasteiger partial charge on any atom is -0.507 e. The SMILES string of the molecule is C#Cc1ccc(-c2nnc(NC(=O)[C@@H](C)N)cc2C2CC2)c(O)c1. The number of amides is 1. The zero-order valence-corrected chi connectivity index (χ0v) is 13.3. The molecule has 4 N–H and O–H groups in total. The van der Waals surface area contributed by atoms with Gasteiger partial charge in [-0.1, -0.05) is 5.92 Å². The Labute approximate surface area is 140 Å². The quantitative estimate of drug-likeness (QED) is 0.747. The van der Waals surface area contributed by atoms with Gasteiger partial charge in [-0.05, 0) is 55.5 Å². The van der Waals surface area contributed by atoms with E-state index in [1.165, 1.54) is 6.07 Å². The number of hydrogen-bond acceptors (Lipinski definition) is 5. The minimum absolute atomic E-state index is 0.0639. The van der Waals surface area contributed by atoms with Gasteiger partial charge in [-0.15, -0.1) is 16.6 Å². The van der Waals surface area contributed by atoms with Crippen molar-refractivity contribution >= 4 is 11.7 Å². The maximum atomic E-state index is 11.7. The van der Waals surface area contributed by atoms with Gasteiger partial charge in [0.15, 0.2) is 5.82 Å². The first kappa shape index (κ1) is 16.0. The zero-order valence-electron chi connectivity index (χ0n) is 13.3. The van der Waals surface area contributed by atoms with E-state index in [4.69, 9.17) is 12.2 Å². The first-order valence-electron chi connectivity index (χ1n) is 7.73. The second-order valence-electron chi connectivity index (χ2n) is 5.96. The van der Waals surface area contributed by atoms with E-state index in [9.17, 15) is 9.90 Å². The molecule has 0 saturated heterocycles. The number of nitrogens with two attached hydrogens (primary N) is 1. The van der Waals surface area contributed by atoms with E-state index in [0.29, 0.717) is 28.6 Å². The second kappa shape index (κ2) is 6.30. The molecule has 6 nitrogen and oxygen atoms in total. The van der Waals surface area contributed by atoms with E-state index < -0.39 is 6.04 Å². The Morgan fingerprint density at radius 2 is 2.17 bits per heavy atom. The molecule has 1 fully saturated rings. The van der Waals surface area contributed by atoms with Crippen LogP contribution >= 0.6 is 0 Å². The van der Waals surface area contributed by atoms with Crippen molar-refractivity contribution in [1.82, 2.24) is 10.2 Å². The molecular formula is C18H18N4O2. The lowest BCUT2D eigenvalue weighted by Crippen LogP contribution is -2.32. The molecule has 1 atom stereocenters. The summed E-state index contributed by atoms with van der Waals surface area (Å²) in [5, 5.41) is 21.2. The molecular weight excluding hydrogens is 304 g/mol. The van der Waals surface area contributed by atoms with Gasteiger partial charge in [0.25, 0.3) is 0 Å². The molecule has 1 aliphatic rings. The molecule has 2 aromatic rings. The van der Waals surface area contributed by atoms with Gasteiger partial charge < -0.3 is 16.2 Å². The Balaban J connectivity index is 2.00. The zero-order chi connectivity index (χ0) is 17.3. The van der Waals surface area contributed by atoms with Crippen LogP contribution in [0.2, 0.25) is 0 Å². The largest absolute Gasteiger partial charge is 0.507 e. The van der Waals surface area contributed by atoms with Crippen LogP contribution in [0.1, 0.15) is 36.8 Å². The maximum Gasteiger partial charge on any atom is 0.242 e. The van der Waals surface area contributed by atoms with Gasteiger partial charge >= 0.3 is 0 Å². The molecule has 1 aliphatic carbocycles. The van der Waals surface area contributed by atoms with Crippen molar-refractivity contribution in [3.63, 3.8) is 0 Å². The summed E-state index contributed by atoms with van der Waals surface area (Å²) >= 11 is 0. The second-order valence-corrected chi connectivity index (χ2v) is 5.96. The lowest BCUT2D eigenvalue weighted by Gasteiger charge is -2.12. The highest BCUT2D eigenvalue weighted by Crippen LogP contribution is 2.45. The lowest BCUT2D eigenvalue weighted by atomic mass is 10.0. The van der Waals surface area contributed by atoms with E-state index in [0.717, 1.165) is 18.4 Å². The van der Waals surface area contributed by atoms with E-state index in [-0.39, 0.29) is 11.7 Å². The molecule has 24 heavy (non-hydrogen) atoms. The number of terminal acetylenes is 1. The Hall–Kier alpha value is -2.91. The van der Waals surface area contributed by atoms with E-state index in [2.05, 4.69) is 21.4 Å². The standard InChI is InChI=1S/C18H18N4O2/c1-3-11-4-7-13(15(23)8-11)17-14(12-5-6-12)9-16(21-22-17)20-18(24)10(2)19/h1,4,7-10,12,23H,5-6,19H2,2H3,(H,20,21,24)/t10-/m1/s1. The Bertz CT molecular complexity index is 835. The number of carbonyl (C=O) groups excluding carboxylic acids is 1. The van der Waals surface area contributed by atoms with Gasteiger partial charge in [0.1, 0.15) is 11.4 Å². The van der Waals surface area contributed by atoms with Crippen LogP contribution in [-0.4, -0.2) is 27.3 Å². The lowest BCUT2D eigenvalue weighted by molar-refractivity contribution is -0.117. The van der Waals surface area contributed by atoms with Crippen LogP contribution in [-0.2, 0) is 4.79 Å². The van der Waals surface area contributed by atoms with Crippen LogP contribution in [0.15, 0.2) is 24.3 Å². The molecule has 6 heteroatoms. The summed E-state index contributed by atoms with van der Waals surface area (Å²) < 4.78 is 0. The fourth-order valence-corrected chi connectivity index (χ4v) is 2.44. The van der Waals surface area contributed by atoms with Crippen molar-refractivity contribution in [2.45, 2.75) is 31.7 Å². The number of aromatic hydroxyl groups is 1. The summed E-state index contributed by atoms with van der Waals surface area (Å²) in [5.41, 5.74) is 8.29. The number of nitrogens with one attached hydrogen (secondary N) is 1. The topological polar surface area (TPSA) is 101 Å². The maximum absolute atomic E-state index is 11.7. The highest BCUT2D eigenvalue weighted by atomic mass is 16.3. The minimum atomic E-state index is -0.629. The molecule has 1 heterocycles. The van der Waals surface area contributed by atoms with Crippen LogP contribution in [0.3, 0.4) is 0 Å². The van der Waals surface area contributed by atoms with Gasteiger partial charge in [-0.3, -0.25) is 4.79 Å². The van der Waals surface area contributed by atoms with Gasteiger partial charge in [0, 0.05) is 11.1 Å². The molecule has 0 bridgehead atoms. The number of benzene rings is 1. The molecule has 0 aliphatic heterocycles. The molecule has 3 rings (SSSR count). The normalized spacial score (nSPS) is 14.7. The van der Waals surface area contributed by atoms with E-state index in [1.807, 2.05) is 0 Å². The van der Waals surface area contributed by atoms with Crippen LogP contribution in [0.4, 0.5) is 5.82 Å². The third-order valence-corrected chi connectivity index (χ3v) is 3.92. The smallest absolute Gasteiger partial charge is 0.242 e. The van der Waals surface area contributed by atoms with Crippen molar-refractivity contribution in [2.75, 3.05) is 5.32 Å². The molecule has 0 spiro atoms. The number of anilines is 1. The van der Waals surface area contributed by atoms with Gasteiger partial charge in [-0.25, -0.2) is 0 Å². The highest BCUT2D eigenvalue weighted by molar-refractivity contribution is 5.93. The Morgan fingerprint density at radius 1 is 1.42 bits per heavy atom. The van der Waals surface area contributed by atoms with E-state index >= 15 is 0 Å². The molecule has 1 amide bonds.